The van der Waals surface area contributed by atoms with Crippen molar-refractivity contribution >= 4 is 16.5 Å². The van der Waals surface area contributed by atoms with Gasteiger partial charge < -0.3 is 5.73 Å². The topological polar surface area (TPSA) is 38.9 Å². The highest BCUT2D eigenvalue weighted by atomic mass is 32.1. The highest BCUT2D eigenvalue weighted by Gasteiger charge is 2.29. The predicted octanol–water partition coefficient (Wildman–Crippen LogP) is 3.81. The number of anilines is 1. The number of rotatable bonds is 3. The van der Waals surface area contributed by atoms with E-state index in [-0.39, 0.29) is 0 Å². The standard InChI is InChI=1S/C15H18N2S/c1-9-4-3-5-12(10(9)2)8-13-14(11-6-7-11)17-15(16)18-13/h3-5,11H,6-8H2,1-2H3,(H2,16,17). The van der Waals surface area contributed by atoms with Gasteiger partial charge in [-0.2, -0.15) is 0 Å². The van der Waals surface area contributed by atoms with Crippen molar-refractivity contribution in [2.45, 2.75) is 39.0 Å². The van der Waals surface area contributed by atoms with Gasteiger partial charge in [0.2, 0.25) is 0 Å². The second kappa shape index (κ2) is 4.39. The number of benzene rings is 1. The Morgan fingerprint density at radius 3 is 2.83 bits per heavy atom. The summed E-state index contributed by atoms with van der Waals surface area (Å²) < 4.78 is 0. The SMILES string of the molecule is Cc1cccc(Cc2sc(N)nc2C2CC2)c1C. The molecular weight excluding hydrogens is 240 g/mol. The van der Waals surface area contributed by atoms with E-state index in [1.165, 1.54) is 40.1 Å². The molecule has 0 spiro atoms. The predicted molar refractivity (Wildman–Crippen MR) is 77.2 cm³/mol. The van der Waals surface area contributed by atoms with E-state index in [1.807, 2.05) is 0 Å². The molecule has 3 heteroatoms. The number of aryl methyl sites for hydroxylation is 1. The van der Waals surface area contributed by atoms with Crippen LogP contribution >= 0.6 is 11.3 Å². The molecule has 0 radical (unpaired) electrons. The van der Waals surface area contributed by atoms with E-state index in [2.05, 4.69) is 37.0 Å². The Balaban J connectivity index is 1.94. The average Bonchev–Trinajstić information content (AvgIpc) is 3.10. The normalized spacial score (nSPS) is 15.0. The maximum Gasteiger partial charge on any atom is 0.180 e. The van der Waals surface area contributed by atoms with E-state index >= 15 is 0 Å². The molecule has 0 atom stereocenters. The van der Waals surface area contributed by atoms with Crippen LogP contribution in [-0.4, -0.2) is 4.98 Å². The van der Waals surface area contributed by atoms with Gasteiger partial charge in [-0.25, -0.2) is 4.98 Å². The van der Waals surface area contributed by atoms with Crippen LogP contribution in [0.15, 0.2) is 18.2 Å². The smallest absolute Gasteiger partial charge is 0.180 e. The highest BCUT2D eigenvalue weighted by molar-refractivity contribution is 7.15. The first-order chi connectivity index (χ1) is 8.65. The van der Waals surface area contributed by atoms with Crippen LogP contribution < -0.4 is 5.73 Å². The quantitative estimate of drug-likeness (QED) is 0.909. The molecule has 1 heterocycles. The number of hydrogen-bond acceptors (Lipinski definition) is 3. The molecule has 1 saturated carbocycles. The van der Waals surface area contributed by atoms with Crippen molar-refractivity contribution in [1.29, 1.82) is 0 Å². The number of nitrogens with zero attached hydrogens (tertiary/aromatic N) is 1. The van der Waals surface area contributed by atoms with E-state index in [1.54, 1.807) is 11.3 Å². The van der Waals surface area contributed by atoms with Crippen LogP contribution in [0, 0.1) is 13.8 Å². The fourth-order valence-electron chi connectivity index (χ4n) is 2.36. The molecule has 2 aromatic rings. The third-order valence-electron chi connectivity index (χ3n) is 3.78. The van der Waals surface area contributed by atoms with Crippen LogP contribution in [-0.2, 0) is 6.42 Å². The summed E-state index contributed by atoms with van der Waals surface area (Å²) >= 11 is 1.66. The van der Waals surface area contributed by atoms with Gasteiger partial charge >= 0.3 is 0 Å². The molecule has 1 aromatic carbocycles. The molecule has 18 heavy (non-hydrogen) atoms. The van der Waals surface area contributed by atoms with Gasteiger partial charge in [0.05, 0.1) is 5.69 Å². The summed E-state index contributed by atoms with van der Waals surface area (Å²) in [4.78, 5) is 5.88. The minimum Gasteiger partial charge on any atom is -0.375 e. The van der Waals surface area contributed by atoms with Crippen LogP contribution in [0.25, 0.3) is 0 Å². The summed E-state index contributed by atoms with van der Waals surface area (Å²) in [5.41, 5.74) is 11.3. The van der Waals surface area contributed by atoms with Crippen LogP contribution in [0.3, 0.4) is 0 Å². The molecule has 94 valence electrons. The van der Waals surface area contributed by atoms with Gasteiger partial charge in [0.25, 0.3) is 0 Å². The van der Waals surface area contributed by atoms with Crippen molar-refractivity contribution in [3.05, 3.63) is 45.5 Å². The van der Waals surface area contributed by atoms with Crippen LogP contribution in [0.4, 0.5) is 5.13 Å². The van der Waals surface area contributed by atoms with Crippen molar-refractivity contribution in [3.8, 4) is 0 Å². The van der Waals surface area contributed by atoms with Gasteiger partial charge in [-0.05, 0) is 43.4 Å². The average molecular weight is 258 g/mol. The molecule has 2 nitrogen and oxygen atoms in total. The Morgan fingerprint density at radius 2 is 2.11 bits per heavy atom. The Kier molecular flexibility index (Phi) is 2.86. The van der Waals surface area contributed by atoms with Gasteiger partial charge in [-0.3, -0.25) is 0 Å². The molecule has 0 unspecified atom stereocenters. The first-order valence-corrected chi connectivity index (χ1v) is 7.27. The van der Waals surface area contributed by atoms with Crippen LogP contribution in [0.5, 0.6) is 0 Å². The maximum atomic E-state index is 5.87. The molecular formula is C15H18N2S. The Labute approximate surface area is 112 Å². The van der Waals surface area contributed by atoms with E-state index < -0.39 is 0 Å². The van der Waals surface area contributed by atoms with Crippen molar-refractivity contribution in [1.82, 2.24) is 4.98 Å². The number of thiazole rings is 1. The van der Waals surface area contributed by atoms with E-state index in [4.69, 9.17) is 5.73 Å². The first-order valence-electron chi connectivity index (χ1n) is 6.45. The third-order valence-corrected chi connectivity index (χ3v) is 4.68. The lowest BCUT2D eigenvalue weighted by molar-refractivity contribution is 1.01. The number of aromatic nitrogens is 1. The first kappa shape index (κ1) is 11.7. The summed E-state index contributed by atoms with van der Waals surface area (Å²) in [6.45, 7) is 4.37. The zero-order valence-corrected chi connectivity index (χ0v) is 11.7. The molecule has 2 N–H and O–H groups in total. The summed E-state index contributed by atoms with van der Waals surface area (Å²) in [6.07, 6.45) is 3.54. The Hall–Kier alpha value is -1.35. The molecule has 1 fully saturated rings. The lowest BCUT2D eigenvalue weighted by atomic mass is 9.99. The number of hydrogen-bond donors (Lipinski definition) is 1. The van der Waals surface area contributed by atoms with Gasteiger partial charge in [-0.15, -0.1) is 11.3 Å². The zero-order valence-electron chi connectivity index (χ0n) is 10.9. The third kappa shape index (κ3) is 2.15. The monoisotopic (exact) mass is 258 g/mol. The summed E-state index contributed by atoms with van der Waals surface area (Å²) in [6, 6.07) is 6.52. The van der Waals surface area contributed by atoms with E-state index in [0.717, 1.165) is 11.6 Å². The van der Waals surface area contributed by atoms with Crippen LogP contribution in [0.1, 0.15) is 46.0 Å². The fraction of sp³-hybridized carbons (Fsp3) is 0.400. The molecule has 0 saturated heterocycles. The molecule has 3 rings (SSSR count). The van der Waals surface area contributed by atoms with Gasteiger partial charge in [0, 0.05) is 17.2 Å². The molecule has 1 aliphatic rings. The molecule has 0 amide bonds. The lowest BCUT2D eigenvalue weighted by Gasteiger charge is -2.08. The molecule has 0 aliphatic heterocycles. The minimum atomic E-state index is 0.679. The number of nitrogen functional groups attached to an aromatic ring is 1. The molecule has 1 aliphatic carbocycles. The fourth-order valence-corrected chi connectivity index (χ4v) is 3.30. The Morgan fingerprint density at radius 1 is 1.33 bits per heavy atom. The molecule has 1 aromatic heterocycles. The minimum absolute atomic E-state index is 0.679. The second-order valence-electron chi connectivity index (χ2n) is 5.17. The van der Waals surface area contributed by atoms with E-state index in [9.17, 15) is 0 Å². The van der Waals surface area contributed by atoms with Crippen molar-refractivity contribution in [3.63, 3.8) is 0 Å². The van der Waals surface area contributed by atoms with Gasteiger partial charge in [0.15, 0.2) is 5.13 Å². The summed E-state index contributed by atoms with van der Waals surface area (Å²) in [5, 5.41) is 0.720. The molecule has 0 bridgehead atoms. The van der Waals surface area contributed by atoms with Crippen molar-refractivity contribution < 1.29 is 0 Å². The lowest BCUT2D eigenvalue weighted by Crippen LogP contribution is -1.95. The summed E-state index contributed by atoms with van der Waals surface area (Å²) in [5.74, 6) is 0.679. The second-order valence-corrected chi connectivity index (χ2v) is 6.29. The van der Waals surface area contributed by atoms with E-state index in [0.29, 0.717) is 5.92 Å². The highest BCUT2D eigenvalue weighted by Crippen LogP contribution is 2.43. The van der Waals surface area contributed by atoms with Crippen LogP contribution in [0.2, 0.25) is 0 Å². The maximum absolute atomic E-state index is 5.87. The Bertz CT molecular complexity index is 582. The summed E-state index contributed by atoms with van der Waals surface area (Å²) in [7, 11) is 0. The van der Waals surface area contributed by atoms with Gasteiger partial charge in [0.1, 0.15) is 0 Å². The van der Waals surface area contributed by atoms with Crippen molar-refractivity contribution in [2.75, 3.05) is 5.73 Å². The number of nitrogens with two attached hydrogens (primary N) is 1. The van der Waals surface area contributed by atoms with Gasteiger partial charge in [-0.1, -0.05) is 18.2 Å². The zero-order chi connectivity index (χ0) is 12.7. The van der Waals surface area contributed by atoms with Crippen molar-refractivity contribution in [2.24, 2.45) is 0 Å². The largest absolute Gasteiger partial charge is 0.375 e.